The predicted molar refractivity (Wildman–Crippen MR) is 81.0 cm³/mol. The highest BCUT2D eigenvalue weighted by Gasteiger charge is 2.21. The summed E-state index contributed by atoms with van der Waals surface area (Å²) in [6.45, 7) is 0.391. The average molecular weight is 308 g/mol. The fraction of sp³-hybridized carbons (Fsp3) is 0.286. The number of benzene rings is 1. The van der Waals surface area contributed by atoms with E-state index < -0.39 is 5.97 Å². The smallest absolute Gasteiger partial charge is 0.339 e. The van der Waals surface area contributed by atoms with Crippen LogP contribution in [0, 0.1) is 12.3 Å². The van der Waals surface area contributed by atoms with Crippen molar-refractivity contribution in [3.8, 4) is 18.1 Å². The SMILES string of the molecule is C#CCOC(=O)c1ccc(OCC2CSC(=S)O2)cc1. The zero-order chi connectivity index (χ0) is 14.4. The molecule has 0 spiro atoms. The molecule has 1 unspecified atom stereocenters. The number of rotatable bonds is 5. The molecule has 0 radical (unpaired) electrons. The Bertz CT molecular complexity index is 533. The molecule has 0 N–H and O–H groups in total. The monoisotopic (exact) mass is 308 g/mol. The maximum absolute atomic E-state index is 11.5. The lowest BCUT2D eigenvalue weighted by molar-refractivity contribution is 0.0556. The van der Waals surface area contributed by atoms with E-state index in [9.17, 15) is 4.79 Å². The number of terminal acetylenes is 1. The molecule has 104 valence electrons. The fourth-order valence-corrected chi connectivity index (χ4v) is 2.54. The topological polar surface area (TPSA) is 44.8 Å². The Morgan fingerprint density at radius 2 is 2.25 bits per heavy atom. The maximum atomic E-state index is 11.5. The highest BCUT2D eigenvalue weighted by Crippen LogP contribution is 2.21. The first-order valence-corrected chi connectivity index (χ1v) is 7.25. The van der Waals surface area contributed by atoms with Gasteiger partial charge in [0.2, 0.25) is 4.38 Å². The molecule has 1 fully saturated rings. The van der Waals surface area contributed by atoms with Gasteiger partial charge in [0.15, 0.2) is 6.61 Å². The molecular weight excluding hydrogens is 296 g/mol. The molecule has 0 aliphatic carbocycles. The normalized spacial score (nSPS) is 17.1. The molecule has 0 aromatic heterocycles. The summed E-state index contributed by atoms with van der Waals surface area (Å²) in [5, 5.41) is 0. The van der Waals surface area contributed by atoms with E-state index in [0.29, 0.717) is 22.3 Å². The third-order valence-electron chi connectivity index (χ3n) is 2.46. The lowest BCUT2D eigenvalue weighted by Gasteiger charge is -2.11. The third-order valence-corrected chi connectivity index (χ3v) is 3.78. The van der Waals surface area contributed by atoms with Crippen LogP contribution in [0.5, 0.6) is 5.75 Å². The Hall–Kier alpha value is -1.71. The largest absolute Gasteiger partial charge is 0.490 e. The number of carbonyl (C=O) groups is 1. The van der Waals surface area contributed by atoms with Gasteiger partial charge in [0.05, 0.1) is 5.56 Å². The van der Waals surface area contributed by atoms with Crippen LogP contribution in [-0.4, -0.2) is 35.4 Å². The molecule has 1 aromatic rings. The number of thiocarbonyl (C=S) groups is 1. The quantitative estimate of drug-likeness (QED) is 0.472. The van der Waals surface area contributed by atoms with E-state index in [-0.39, 0.29) is 12.7 Å². The average Bonchev–Trinajstić information content (AvgIpc) is 2.89. The Labute approximate surface area is 126 Å². The van der Waals surface area contributed by atoms with E-state index in [1.54, 1.807) is 24.3 Å². The number of thioether (sulfide) groups is 1. The van der Waals surface area contributed by atoms with Gasteiger partial charge in [-0.25, -0.2) is 4.79 Å². The maximum Gasteiger partial charge on any atom is 0.339 e. The van der Waals surface area contributed by atoms with Crippen LogP contribution >= 0.6 is 24.0 Å². The van der Waals surface area contributed by atoms with Crippen LogP contribution in [0.3, 0.4) is 0 Å². The van der Waals surface area contributed by atoms with Crippen LogP contribution in [0.1, 0.15) is 10.4 Å². The summed E-state index contributed by atoms with van der Waals surface area (Å²) in [6, 6.07) is 6.66. The second-order valence-corrected chi connectivity index (χ2v) is 5.54. The van der Waals surface area contributed by atoms with E-state index >= 15 is 0 Å². The van der Waals surface area contributed by atoms with E-state index in [0.717, 1.165) is 5.75 Å². The number of esters is 1. The summed E-state index contributed by atoms with van der Waals surface area (Å²) in [4.78, 5) is 11.5. The Kier molecular flexibility index (Phi) is 5.27. The third kappa shape index (κ3) is 4.15. The molecule has 0 saturated carbocycles. The van der Waals surface area contributed by atoms with Crippen molar-refractivity contribution in [2.45, 2.75) is 6.10 Å². The van der Waals surface area contributed by atoms with Gasteiger partial charge in [-0.3, -0.25) is 0 Å². The van der Waals surface area contributed by atoms with Crippen LogP contribution < -0.4 is 4.74 Å². The van der Waals surface area contributed by atoms with Gasteiger partial charge < -0.3 is 14.2 Å². The summed E-state index contributed by atoms with van der Waals surface area (Å²) in [7, 11) is 0. The van der Waals surface area contributed by atoms with Crippen molar-refractivity contribution in [1.29, 1.82) is 0 Å². The zero-order valence-electron chi connectivity index (χ0n) is 10.5. The van der Waals surface area contributed by atoms with E-state index in [1.165, 1.54) is 11.8 Å². The first-order chi connectivity index (χ1) is 9.69. The molecule has 6 heteroatoms. The highest BCUT2D eigenvalue weighted by molar-refractivity contribution is 8.22. The van der Waals surface area contributed by atoms with Crippen molar-refractivity contribution in [2.24, 2.45) is 0 Å². The summed E-state index contributed by atoms with van der Waals surface area (Å²) in [5.74, 6) is 3.25. The van der Waals surface area contributed by atoms with Gasteiger partial charge in [-0.05, 0) is 36.5 Å². The van der Waals surface area contributed by atoms with Gasteiger partial charge >= 0.3 is 5.97 Å². The molecule has 1 saturated heterocycles. The van der Waals surface area contributed by atoms with E-state index in [1.807, 2.05) is 0 Å². The summed E-state index contributed by atoms with van der Waals surface area (Å²) >= 11 is 6.43. The fourth-order valence-electron chi connectivity index (χ4n) is 1.51. The van der Waals surface area contributed by atoms with Gasteiger partial charge in [-0.1, -0.05) is 17.7 Å². The van der Waals surface area contributed by atoms with E-state index in [2.05, 4.69) is 5.92 Å². The van der Waals surface area contributed by atoms with Crippen molar-refractivity contribution < 1.29 is 19.0 Å². The second kappa shape index (κ2) is 7.17. The van der Waals surface area contributed by atoms with E-state index in [4.69, 9.17) is 32.9 Å². The van der Waals surface area contributed by atoms with Gasteiger partial charge in [-0.15, -0.1) is 6.42 Å². The van der Waals surface area contributed by atoms with Gasteiger partial charge in [0.1, 0.15) is 18.5 Å². The number of ether oxygens (including phenoxy) is 3. The standard InChI is InChI=1S/C14H12O4S2/c1-2-7-16-13(15)10-3-5-11(6-4-10)17-8-12-9-20-14(19)18-12/h1,3-6,12H,7-9H2. The summed E-state index contributed by atoms with van der Waals surface area (Å²) in [6.07, 6.45) is 5.00. The number of hydrogen-bond acceptors (Lipinski definition) is 6. The van der Waals surface area contributed by atoms with Crippen LogP contribution in [0.15, 0.2) is 24.3 Å². The summed E-state index contributed by atoms with van der Waals surface area (Å²) < 4.78 is 16.3. The van der Waals surface area contributed by atoms with Crippen molar-refractivity contribution >= 4 is 34.3 Å². The lowest BCUT2D eigenvalue weighted by atomic mass is 10.2. The molecule has 1 aromatic carbocycles. The molecule has 1 aliphatic rings. The first kappa shape index (κ1) is 14.7. The Balaban J connectivity index is 1.84. The van der Waals surface area contributed by atoms with Crippen LogP contribution in [0.2, 0.25) is 0 Å². The zero-order valence-corrected chi connectivity index (χ0v) is 12.2. The van der Waals surface area contributed by atoms with Crippen LogP contribution in [-0.2, 0) is 9.47 Å². The van der Waals surface area contributed by atoms with Crippen molar-refractivity contribution in [3.05, 3.63) is 29.8 Å². The minimum atomic E-state index is -0.449. The molecule has 2 rings (SSSR count). The molecular formula is C14H12O4S2. The highest BCUT2D eigenvalue weighted by atomic mass is 32.2. The second-order valence-electron chi connectivity index (χ2n) is 3.92. The minimum absolute atomic E-state index is 0.0206. The molecule has 1 atom stereocenters. The first-order valence-electron chi connectivity index (χ1n) is 5.86. The lowest BCUT2D eigenvalue weighted by Crippen LogP contribution is -2.19. The van der Waals surface area contributed by atoms with Crippen LogP contribution in [0.25, 0.3) is 0 Å². The molecule has 0 amide bonds. The molecule has 20 heavy (non-hydrogen) atoms. The number of carbonyl (C=O) groups excluding carboxylic acids is 1. The molecule has 0 bridgehead atoms. The summed E-state index contributed by atoms with van der Waals surface area (Å²) in [5.41, 5.74) is 0.432. The molecule has 1 heterocycles. The van der Waals surface area contributed by atoms with Crippen LogP contribution in [0.4, 0.5) is 0 Å². The van der Waals surface area contributed by atoms with Crippen molar-refractivity contribution in [3.63, 3.8) is 0 Å². The number of hydrogen-bond donors (Lipinski definition) is 0. The minimum Gasteiger partial charge on any atom is -0.490 e. The van der Waals surface area contributed by atoms with Crippen molar-refractivity contribution in [1.82, 2.24) is 0 Å². The van der Waals surface area contributed by atoms with Gasteiger partial charge in [0, 0.05) is 5.75 Å². The Morgan fingerprint density at radius 1 is 1.50 bits per heavy atom. The van der Waals surface area contributed by atoms with Crippen molar-refractivity contribution in [2.75, 3.05) is 19.0 Å². The molecule has 4 nitrogen and oxygen atoms in total. The Morgan fingerprint density at radius 3 is 2.85 bits per heavy atom. The molecule has 1 aliphatic heterocycles. The van der Waals surface area contributed by atoms with Gasteiger partial charge in [0.25, 0.3) is 0 Å². The predicted octanol–water partition coefficient (Wildman–Crippen LogP) is 2.27. The van der Waals surface area contributed by atoms with Gasteiger partial charge in [-0.2, -0.15) is 0 Å².